The lowest BCUT2D eigenvalue weighted by Gasteiger charge is -2.13. The van der Waals surface area contributed by atoms with Crippen molar-refractivity contribution in [2.75, 3.05) is 32.5 Å². The van der Waals surface area contributed by atoms with Crippen molar-refractivity contribution in [3.8, 4) is 0 Å². The Labute approximate surface area is 106 Å². The smallest absolute Gasteiger partial charge is 0.316 e. The fourth-order valence-corrected chi connectivity index (χ4v) is 1.61. The molecule has 2 rings (SSSR count). The lowest BCUT2D eigenvalue weighted by molar-refractivity contribution is 0.218. The van der Waals surface area contributed by atoms with Crippen LogP contribution in [0.1, 0.15) is 0 Å². The zero-order valence-electron chi connectivity index (χ0n) is 10.6. The monoisotopic (exact) mass is 247 g/mol. The third-order valence-electron chi connectivity index (χ3n) is 2.54. The van der Waals surface area contributed by atoms with E-state index in [2.05, 4.69) is 15.6 Å². The van der Waals surface area contributed by atoms with Crippen LogP contribution in [0.4, 0.5) is 10.6 Å². The van der Waals surface area contributed by atoms with E-state index in [4.69, 9.17) is 0 Å². The molecule has 96 valence electrons. The number of imidazole rings is 1. The molecule has 2 N–H and O–H groups in total. The van der Waals surface area contributed by atoms with E-state index in [0.717, 1.165) is 11.5 Å². The van der Waals surface area contributed by atoms with Gasteiger partial charge in [0.15, 0.2) is 0 Å². The van der Waals surface area contributed by atoms with E-state index in [1.807, 2.05) is 28.8 Å². The molecule has 2 heterocycles. The average molecular weight is 247 g/mol. The average Bonchev–Trinajstić information content (AvgIpc) is 2.83. The van der Waals surface area contributed by atoms with Crippen LogP contribution in [0.15, 0.2) is 30.6 Å². The molecule has 0 saturated heterocycles. The summed E-state index contributed by atoms with van der Waals surface area (Å²) in [7, 11) is 3.43. The van der Waals surface area contributed by atoms with Crippen molar-refractivity contribution in [3.63, 3.8) is 0 Å². The molecule has 0 atom stereocenters. The molecule has 0 radical (unpaired) electrons. The van der Waals surface area contributed by atoms with Crippen molar-refractivity contribution in [1.29, 1.82) is 0 Å². The molecule has 2 aromatic heterocycles. The van der Waals surface area contributed by atoms with Crippen LogP contribution < -0.4 is 10.6 Å². The predicted octanol–water partition coefficient (Wildman–Crippen LogP) is 1.02. The summed E-state index contributed by atoms with van der Waals surface area (Å²) in [5.41, 5.74) is 0.900. The molecule has 18 heavy (non-hydrogen) atoms. The molecule has 0 aliphatic rings. The Hall–Kier alpha value is -2.24. The number of fused-ring (bicyclic) bond motifs is 1. The molecular weight excluding hydrogens is 230 g/mol. The number of anilines is 1. The van der Waals surface area contributed by atoms with Crippen molar-refractivity contribution < 1.29 is 4.79 Å². The van der Waals surface area contributed by atoms with E-state index in [1.54, 1.807) is 20.3 Å². The van der Waals surface area contributed by atoms with Gasteiger partial charge in [0.25, 0.3) is 0 Å². The first-order valence-corrected chi connectivity index (χ1v) is 5.79. The summed E-state index contributed by atoms with van der Waals surface area (Å²) in [6.45, 7) is 1.24. The van der Waals surface area contributed by atoms with E-state index in [9.17, 15) is 4.79 Å². The van der Waals surface area contributed by atoms with Gasteiger partial charge in [0.2, 0.25) is 0 Å². The van der Waals surface area contributed by atoms with Crippen LogP contribution in [0.2, 0.25) is 0 Å². The Bertz CT molecular complexity index is 534. The summed E-state index contributed by atoms with van der Waals surface area (Å²) >= 11 is 0. The fourth-order valence-electron chi connectivity index (χ4n) is 1.61. The van der Waals surface area contributed by atoms with Crippen LogP contribution in [-0.2, 0) is 0 Å². The normalized spacial score (nSPS) is 10.3. The molecule has 6 nitrogen and oxygen atoms in total. The van der Waals surface area contributed by atoms with Crippen LogP contribution in [0.25, 0.3) is 5.65 Å². The molecule has 0 fully saturated rings. The number of pyridine rings is 1. The highest BCUT2D eigenvalue weighted by Gasteiger charge is 2.02. The Kier molecular flexibility index (Phi) is 3.66. The van der Waals surface area contributed by atoms with Crippen molar-refractivity contribution >= 4 is 17.5 Å². The van der Waals surface area contributed by atoms with Gasteiger partial charge < -0.3 is 15.5 Å². The predicted molar refractivity (Wildman–Crippen MR) is 70.8 cm³/mol. The molecule has 0 spiro atoms. The third-order valence-corrected chi connectivity index (χ3v) is 2.54. The minimum absolute atomic E-state index is 0.0855. The number of nitrogens with one attached hydrogen (secondary N) is 2. The highest BCUT2D eigenvalue weighted by atomic mass is 16.2. The van der Waals surface area contributed by atoms with Gasteiger partial charge in [-0.1, -0.05) is 6.07 Å². The number of amides is 2. The molecular formula is C12H17N5O. The van der Waals surface area contributed by atoms with E-state index >= 15 is 0 Å². The van der Waals surface area contributed by atoms with Crippen LogP contribution in [0, 0.1) is 0 Å². The van der Waals surface area contributed by atoms with Gasteiger partial charge in [-0.15, -0.1) is 0 Å². The summed E-state index contributed by atoms with van der Waals surface area (Å²) in [6, 6.07) is 5.78. The Morgan fingerprint density at radius 1 is 1.39 bits per heavy atom. The Balaban J connectivity index is 1.87. The SMILES string of the molecule is CN(C)C(=O)NCCNc1cccc2nccn12. The van der Waals surface area contributed by atoms with Crippen molar-refractivity contribution in [3.05, 3.63) is 30.6 Å². The maximum atomic E-state index is 11.3. The van der Waals surface area contributed by atoms with Gasteiger partial charge in [-0.25, -0.2) is 9.78 Å². The highest BCUT2D eigenvalue weighted by molar-refractivity contribution is 5.73. The third kappa shape index (κ3) is 2.71. The second kappa shape index (κ2) is 5.39. The summed E-state index contributed by atoms with van der Waals surface area (Å²) in [6.07, 6.45) is 3.66. The quantitative estimate of drug-likeness (QED) is 0.793. The van der Waals surface area contributed by atoms with Crippen molar-refractivity contribution in [1.82, 2.24) is 19.6 Å². The van der Waals surface area contributed by atoms with Gasteiger partial charge in [-0.2, -0.15) is 0 Å². The lowest BCUT2D eigenvalue weighted by Crippen LogP contribution is -2.37. The van der Waals surface area contributed by atoms with Crippen LogP contribution in [-0.4, -0.2) is 47.5 Å². The number of urea groups is 1. The Morgan fingerprint density at radius 3 is 3.00 bits per heavy atom. The molecule has 0 saturated carbocycles. The van der Waals surface area contributed by atoms with Crippen molar-refractivity contribution in [2.24, 2.45) is 0 Å². The second-order valence-corrected chi connectivity index (χ2v) is 4.12. The molecule has 0 bridgehead atoms. The topological polar surface area (TPSA) is 61.7 Å². The van der Waals surface area contributed by atoms with E-state index in [1.165, 1.54) is 4.90 Å². The number of carbonyl (C=O) groups excluding carboxylic acids is 1. The van der Waals surface area contributed by atoms with Crippen LogP contribution in [0.5, 0.6) is 0 Å². The van der Waals surface area contributed by atoms with Gasteiger partial charge in [-0.3, -0.25) is 4.40 Å². The van der Waals surface area contributed by atoms with Crippen molar-refractivity contribution in [2.45, 2.75) is 0 Å². The van der Waals surface area contributed by atoms with E-state index in [0.29, 0.717) is 13.1 Å². The van der Waals surface area contributed by atoms with Gasteiger partial charge in [0.05, 0.1) is 0 Å². The highest BCUT2D eigenvalue weighted by Crippen LogP contribution is 2.09. The maximum absolute atomic E-state index is 11.3. The first-order chi connectivity index (χ1) is 8.68. The molecule has 0 unspecified atom stereocenters. The lowest BCUT2D eigenvalue weighted by atomic mass is 10.4. The first kappa shape index (κ1) is 12.2. The zero-order valence-corrected chi connectivity index (χ0v) is 10.6. The summed E-state index contributed by atoms with van der Waals surface area (Å²) < 4.78 is 1.97. The van der Waals surface area contributed by atoms with Crippen LogP contribution in [0.3, 0.4) is 0 Å². The summed E-state index contributed by atoms with van der Waals surface area (Å²) in [4.78, 5) is 17.0. The number of aromatic nitrogens is 2. The van der Waals surface area contributed by atoms with Gasteiger partial charge in [0.1, 0.15) is 11.5 Å². The number of carbonyl (C=O) groups is 1. The molecule has 2 aromatic rings. The van der Waals surface area contributed by atoms with Gasteiger partial charge in [0, 0.05) is 39.6 Å². The molecule has 2 amide bonds. The first-order valence-electron chi connectivity index (χ1n) is 5.79. The minimum Gasteiger partial charge on any atom is -0.369 e. The molecule has 0 aliphatic carbocycles. The molecule has 0 aromatic carbocycles. The van der Waals surface area contributed by atoms with Crippen LogP contribution >= 0.6 is 0 Å². The largest absolute Gasteiger partial charge is 0.369 e. The zero-order chi connectivity index (χ0) is 13.0. The standard InChI is InChI=1S/C12H17N5O/c1-16(2)12(18)15-7-6-13-10-4-3-5-11-14-8-9-17(10)11/h3-5,8-9,13H,6-7H2,1-2H3,(H,15,18). The summed E-state index contributed by atoms with van der Waals surface area (Å²) in [5.74, 6) is 0.962. The second-order valence-electron chi connectivity index (χ2n) is 4.12. The number of rotatable bonds is 4. The van der Waals surface area contributed by atoms with Gasteiger partial charge in [-0.05, 0) is 12.1 Å². The molecule has 0 aliphatic heterocycles. The van der Waals surface area contributed by atoms with E-state index in [-0.39, 0.29) is 6.03 Å². The minimum atomic E-state index is -0.0855. The Morgan fingerprint density at radius 2 is 2.22 bits per heavy atom. The number of hydrogen-bond donors (Lipinski definition) is 2. The fraction of sp³-hybridized carbons (Fsp3) is 0.333. The number of nitrogens with zero attached hydrogens (tertiary/aromatic N) is 3. The van der Waals surface area contributed by atoms with Gasteiger partial charge >= 0.3 is 6.03 Å². The summed E-state index contributed by atoms with van der Waals surface area (Å²) in [5, 5.41) is 6.05. The molecule has 6 heteroatoms. The number of hydrogen-bond acceptors (Lipinski definition) is 3. The van der Waals surface area contributed by atoms with E-state index < -0.39 is 0 Å². The maximum Gasteiger partial charge on any atom is 0.316 e.